The molecule has 0 saturated carbocycles. The first-order valence-corrected chi connectivity index (χ1v) is 7.06. The first kappa shape index (κ1) is 13.3. The molecule has 4 rings (SSSR count). The summed E-state index contributed by atoms with van der Waals surface area (Å²) in [6, 6.07) is 13.8. The second-order valence-electron chi connectivity index (χ2n) is 5.33. The van der Waals surface area contributed by atoms with E-state index in [1.807, 2.05) is 12.1 Å². The molecule has 0 spiro atoms. The smallest absolute Gasteiger partial charge is 0.260 e. The fraction of sp³-hybridized carbons (Fsp3) is 0. The summed E-state index contributed by atoms with van der Waals surface area (Å²) in [6.07, 6.45) is 1.60. The van der Waals surface area contributed by atoms with E-state index in [1.54, 1.807) is 36.5 Å². The summed E-state index contributed by atoms with van der Waals surface area (Å²) in [7, 11) is 0. The highest BCUT2D eigenvalue weighted by molar-refractivity contribution is 5.91. The van der Waals surface area contributed by atoms with Gasteiger partial charge < -0.3 is 15.2 Å². The van der Waals surface area contributed by atoms with Crippen molar-refractivity contribution in [3.63, 3.8) is 0 Å². The van der Waals surface area contributed by atoms with Crippen LogP contribution in [0.25, 0.3) is 32.9 Å². The summed E-state index contributed by atoms with van der Waals surface area (Å²) < 4.78 is 0. The molecule has 5 heteroatoms. The zero-order chi connectivity index (χ0) is 16.0. The Morgan fingerprint density at radius 3 is 2.48 bits per heavy atom. The SMILES string of the molecule is O=c1[nH]c(-c2cnc3c(O)cccc3c2)cc2cccc(O)c12. The Hall–Kier alpha value is -3.34. The lowest BCUT2D eigenvalue weighted by molar-refractivity contribution is 0.480. The van der Waals surface area contributed by atoms with Crippen molar-refractivity contribution in [2.45, 2.75) is 0 Å². The number of hydrogen-bond acceptors (Lipinski definition) is 4. The quantitative estimate of drug-likeness (QED) is 0.504. The topological polar surface area (TPSA) is 86.2 Å². The molecule has 0 atom stereocenters. The van der Waals surface area contributed by atoms with E-state index in [0.717, 1.165) is 10.9 Å². The number of hydrogen-bond donors (Lipinski definition) is 3. The third-order valence-electron chi connectivity index (χ3n) is 3.85. The van der Waals surface area contributed by atoms with Crippen molar-refractivity contribution in [2.24, 2.45) is 0 Å². The Balaban J connectivity index is 1.97. The van der Waals surface area contributed by atoms with E-state index in [4.69, 9.17) is 0 Å². The number of H-pyrrole nitrogens is 1. The Labute approximate surface area is 130 Å². The highest BCUT2D eigenvalue weighted by Gasteiger charge is 2.09. The maximum Gasteiger partial charge on any atom is 0.260 e. The molecule has 23 heavy (non-hydrogen) atoms. The number of nitrogens with one attached hydrogen (secondary N) is 1. The van der Waals surface area contributed by atoms with E-state index in [0.29, 0.717) is 16.6 Å². The lowest BCUT2D eigenvalue weighted by Gasteiger charge is -2.07. The number of phenols is 2. The summed E-state index contributed by atoms with van der Waals surface area (Å²) >= 11 is 0. The van der Waals surface area contributed by atoms with Crippen molar-refractivity contribution in [1.82, 2.24) is 9.97 Å². The van der Waals surface area contributed by atoms with Gasteiger partial charge in [0.15, 0.2) is 0 Å². The van der Waals surface area contributed by atoms with Crippen LogP contribution in [0.15, 0.2) is 59.5 Å². The first-order chi connectivity index (χ1) is 11.1. The van der Waals surface area contributed by atoms with E-state index < -0.39 is 0 Å². The molecule has 0 saturated heterocycles. The molecule has 5 nitrogen and oxygen atoms in total. The van der Waals surface area contributed by atoms with Crippen LogP contribution >= 0.6 is 0 Å². The van der Waals surface area contributed by atoms with Gasteiger partial charge in [0.1, 0.15) is 17.0 Å². The van der Waals surface area contributed by atoms with Crippen LogP contribution in [0.5, 0.6) is 11.5 Å². The molecule has 2 aromatic heterocycles. The zero-order valence-electron chi connectivity index (χ0n) is 11.9. The molecule has 0 aliphatic rings. The second-order valence-corrected chi connectivity index (χ2v) is 5.33. The van der Waals surface area contributed by atoms with E-state index in [-0.39, 0.29) is 22.4 Å². The summed E-state index contributed by atoms with van der Waals surface area (Å²) in [5.41, 5.74) is 1.49. The number of pyridine rings is 2. The molecule has 0 unspecified atom stereocenters. The van der Waals surface area contributed by atoms with Crippen molar-refractivity contribution in [3.05, 3.63) is 65.1 Å². The molecule has 3 N–H and O–H groups in total. The molecule has 2 aromatic carbocycles. The Kier molecular flexibility index (Phi) is 2.81. The number of fused-ring (bicyclic) bond motifs is 2. The van der Waals surface area contributed by atoms with Crippen LogP contribution in [0.4, 0.5) is 0 Å². The summed E-state index contributed by atoms with van der Waals surface area (Å²) in [5.74, 6) is 0.0721. The number of phenolic OH excluding ortho intramolecular Hbond substituents is 2. The third-order valence-corrected chi connectivity index (χ3v) is 3.85. The minimum Gasteiger partial charge on any atom is -0.507 e. The monoisotopic (exact) mass is 304 g/mol. The van der Waals surface area contributed by atoms with Crippen LogP contribution < -0.4 is 5.56 Å². The van der Waals surface area contributed by atoms with Gasteiger partial charge >= 0.3 is 0 Å². The average Bonchev–Trinajstić information content (AvgIpc) is 2.54. The van der Waals surface area contributed by atoms with Gasteiger partial charge in [0.05, 0.1) is 11.1 Å². The number of rotatable bonds is 1. The highest BCUT2D eigenvalue weighted by atomic mass is 16.3. The standard InChI is InChI=1S/C18H12N2O3/c21-14-5-1-3-10-8-13(20-18(23)16(10)14)12-7-11-4-2-6-15(22)17(11)19-9-12/h1-9,21-22H,(H,20,23). The van der Waals surface area contributed by atoms with Crippen LogP contribution in [0.2, 0.25) is 0 Å². The summed E-state index contributed by atoms with van der Waals surface area (Å²) in [6.45, 7) is 0. The fourth-order valence-electron chi connectivity index (χ4n) is 2.75. The van der Waals surface area contributed by atoms with Gasteiger partial charge in [-0.05, 0) is 29.7 Å². The molecule has 0 bridgehead atoms. The molecule has 0 radical (unpaired) electrons. The first-order valence-electron chi connectivity index (χ1n) is 7.06. The van der Waals surface area contributed by atoms with Crippen molar-refractivity contribution in [2.75, 3.05) is 0 Å². The molecule has 112 valence electrons. The lowest BCUT2D eigenvalue weighted by atomic mass is 10.1. The molecule has 0 aliphatic heterocycles. The molecular weight excluding hydrogens is 292 g/mol. The summed E-state index contributed by atoms with van der Waals surface area (Å²) in [4.78, 5) is 19.3. The molecule has 0 fully saturated rings. The third kappa shape index (κ3) is 2.10. The maximum atomic E-state index is 12.2. The van der Waals surface area contributed by atoms with Gasteiger partial charge in [-0.3, -0.25) is 9.78 Å². The Morgan fingerprint density at radius 2 is 1.65 bits per heavy atom. The number of benzene rings is 2. The number of nitrogens with zero attached hydrogens (tertiary/aromatic N) is 1. The maximum absolute atomic E-state index is 12.2. The van der Waals surface area contributed by atoms with Crippen LogP contribution in [0.1, 0.15) is 0 Å². The predicted molar refractivity (Wildman–Crippen MR) is 88.6 cm³/mol. The fourth-order valence-corrected chi connectivity index (χ4v) is 2.75. The second kappa shape index (κ2) is 4.84. The predicted octanol–water partition coefficient (Wildman–Crippen LogP) is 3.15. The minimum absolute atomic E-state index is 0.0446. The number of aromatic hydroxyl groups is 2. The van der Waals surface area contributed by atoms with Gasteiger partial charge in [-0.1, -0.05) is 24.3 Å². The molecular formula is C18H12N2O3. The van der Waals surface area contributed by atoms with Gasteiger partial charge in [-0.25, -0.2) is 0 Å². The van der Waals surface area contributed by atoms with E-state index >= 15 is 0 Å². The Morgan fingerprint density at radius 1 is 0.913 bits per heavy atom. The van der Waals surface area contributed by atoms with Gasteiger partial charge in [-0.2, -0.15) is 0 Å². The van der Waals surface area contributed by atoms with Crippen LogP contribution in [0, 0.1) is 0 Å². The number of para-hydroxylation sites is 1. The summed E-state index contributed by atoms with van der Waals surface area (Å²) in [5, 5.41) is 21.3. The highest BCUT2D eigenvalue weighted by Crippen LogP contribution is 2.28. The van der Waals surface area contributed by atoms with Gasteiger partial charge in [0.2, 0.25) is 0 Å². The van der Waals surface area contributed by atoms with Crippen molar-refractivity contribution in [3.8, 4) is 22.8 Å². The Bertz CT molecular complexity index is 1120. The lowest BCUT2D eigenvalue weighted by Crippen LogP contribution is -2.07. The van der Waals surface area contributed by atoms with Crippen molar-refractivity contribution in [1.29, 1.82) is 0 Å². The average molecular weight is 304 g/mol. The molecule has 0 amide bonds. The van der Waals surface area contributed by atoms with Crippen LogP contribution in [-0.4, -0.2) is 20.2 Å². The minimum atomic E-state index is -0.355. The van der Waals surface area contributed by atoms with E-state index in [2.05, 4.69) is 9.97 Å². The van der Waals surface area contributed by atoms with Gasteiger partial charge in [-0.15, -0.1) is 0 Å². The molecule has 2 heterocycles. The molecule has 0 aliphatic carbocycles. The largest absolute Gasteiger partial charge is 0.507 e. The van der Waals surface area contributed by atoms with E-state index in [9.17, 15) is 15.0 Å². The van der Waals surface area contributed by atoms with Crippen LogP contribution in [0.3, 0.4) is 0 Å². The van der Waals surface area contributed by atoms with Crippen molar-refractivity contribution < 1.29 is 10.2 Å². The molecule has 4 aromatic rings. The van der Waals surface area contributed by atoms with Gasteiger partial charge in [0, 0.05) is 17.1 Å². The van der Waals surface area contributed by atoms with Crippen molar-refractivity contribution >= 4 is 21.7 Å². The number of aromatic nitrogens is 2. The van der Waals surface area contributed by atoms with Crippen LogP contribution in [-0.2, 0) is 0 Å². The van der Waals surface area contributed by atoms with Gasteiger partial charge in [0.25, 0.3) is 5.56 Å². The number of aromatic amines is 1. The zero-order valence-corrected chi connectivity index (χ0v) is 11.9. The normalized spacial score (nSPS) is 11.1. The van der Waals surface area contributed by atoms with E-state index in [1.165, 1.54) is 6.07 Å².